The van der Waals surface area contributed by atoms with Gasteiger partial charge in [0.1, 0.15) is 6.07 Å². The molecule has 4 nitrogen and oxygen atoms in total. The summed E-state index contributed by atoms with van der Waals surface area (Å²) in [7, 11) is 5.18. The van der Waals surface area contributed by atoms with Gasteiger partial charge in [-0.2, -0.15) is 5.26 Å². The number of nitriles is 1. The van der Waals surface area contributed by atoms with E-state index >= 15 is 0 Å². The van der Waals surface area contributed by atoms with Gasteiger partial charge in [-0.15, -0.1) is 0 Å². The minimum absolute atomic E-state index is 0.530. The molecular formula is C24H34Cl2N2O2. The number of hydrogen-bond acceptors (Lipinski definition) is 4. The molecule has 166 valence electrons. The van der Waals surface area contributed by atoms with E-state index in [1.807, 2.05) is 45.2 Å². The second kappa shape index (κ2) is 15.8. The van der Waals surface area contributed by atoms with Crippen molar-refractivity contribution in [1.82, 2.24) is 5.32 Å². The standard InChI is InChI=1S/C10H13ClO2.C8H6ClN.C6H15N/c1-4-7-5-6-8(12-2)10(13-3)9(7)11;1-6-2-3-7(5-10)8(9)4-6;1-4-6(2)5-7-3/h5-6H,4H2,1-3H3;2-4H,1H3;6-7H,4-5H2,1-3H3/t;;6-/m..0/s1. The summed E-state index contributed by atoms with van der Waals surface area (Å²) in [5.74, 6) is 2.12. The third kappa shape index (κ3) is 9.71. The zero-order valence-corrected chi connectivity index (χ0v) is 20.6. The summed E-state index contributed by atoms with van der Waals surface area (Å²) in [6, 6.07) is 11.2. The van der Waals surface area contributed by atoms with Crippen molar-refractivity contribution in [2.24, 2.45) is 5.92 Å². The largest absolute Gasteiger partial charge is 0.493 e. The maximum atomic E-state index is 8.47. The highest BCUT2D eigenvalue weighted by Crippen LogP contribution is 2.37. The minimum Gasteiger partial charge on any atom is -0.493 e. The van der Waals surface area contributed by atoms with E-state index < -0.39 is 0 Å². The van der Waals surface area contributed by atoms with E-state index in [2.05, 4.69) is 19.2 Å². The molecule has 0 saturated heterocycles. The lowest BCUT2D eigenvalue weighted by molar-refractivity contribution is 0.355. The zero-order valence-electron chi connectivity index (χ0n) is 19.1. The van der Waals surface area contributed by atoms with Crippen molar-refractivity contribution in [2.75, 3.05) is 27.8 Å². The molecule has 2 aromatic carbocycles. The summed E-state index contributed by atoms with van der Waals surface area (Å²) >= 11 is 11.8. The van der Waals surface area contributed by atoms with Gasteiger partial charge in [-0.05, 0) is 62.2 Å². The predicted octanol–water partition coefficient (Wildman–Crippen LogP) is 6.69. The first-order valence-corrected chi connectivity index (χ1v) is 10.7. The van der Waals surface area contributed by atoms with Gasteiger partial charge in [-0.1, -0.05) is 62.5 Å². The molecule has 1 N–H and O–H groups in total. The lowest BCUT2D eigenvalue weighted by Gasteiger charge is -2.11. The van der Waals surface area contributed by atoms with Crippen molar-refractivity contribution in [3.05, 3.63) is 57.1 Å². The van der Waals surface area contributed by atoms with Crippen molar-refractivity contribution in [1.29, 1.82) is 5.26 Å². The Balaban J connectivity index is 0.000000442. The number of ether oxygens (including phenoxy) is 2. The lowest BCUT2D eigenvalue weighted by Crippen LogP contribution is -2.14. The van der Waals surface area contributed by atoms with Gasteiger partial charge in [0.25, 0.3) is 0 Å². The van der Waals surface area contributed by atoms with Crippen LogP contribution in [0.2, 0.25) is 10.0 Å². The third-order valence-electron chi connectivity index (χ3n) is 4.44. The summed E-state index contributed by atoms with van der Waals surface area (Å²) in [5, 5.41) is 12.8. The number of aryl methyl sites for hydroxylation is 2. The Labute approximate surface area is 192 Å². The number of hydrogen-bond donors (Lipinski definition) is 1. The van der Waals surface area contributed by atoms with Gasteiger partial charge in [0, 0.05) is 0 Å². The number of halogens is 2. The SMILES string of the molecule is CC[C@H](C)CNC.CCc1ccc(OC)c(OC)c1Cl.Cc1ccc(C#N)c(Cl)c1. The molecule has 0 radical (unpaired) electrons. The Morgan fingerprint density at radius 3 is 2.17 bits per heavy atom. The first kappa shape index (κ1) is 28.1. The average molecular weight is 453 g/mol. The van der Waals surface area contributed by atoms with Gasteiger partial charge in [-0.3, -0.25) is 0 Å². The molecule has 0 amide bonds. The fourth-order valence-electron chi connectivity index (χ4n) is 2.41. The maximum Gasteiger partial charge on any atom is 0.179 e. The maximum absolute atomic E-state index is 8.47. The Kier molecular flexibility index (Phi) is 14.8. The van der Waals surface area contributed by atoms with E-state index in [1.54, 1.807) is 26.4 Å². The van der Waals surface area contributed by atoms with Gasteiger partial charge >= 0.3 is 0 Å². The minimum atomic E-state index is 0.530. The van der Waals surface area contributed by atoms with Gasteiger partial charge in [-0.25, -0.2) is 0 Å². The van der Waals surface area contributed by atoms with E-state index in [-0.39, 0.29) is 0 Å². The quantitative estimate of drug-likeness (QED) is 0.529. The summed E-state index contributed by atoms with van der Waals surface area (Å²) in [6.45, 7) is 9.59. The van der Waals surface area contributed by atoms with Crippen LogP contribution in [0.1, 0.15) is 43.9 Å². The predicted molar refractivity (Wildman–Crippen MR) is 128 cm³/mol. The van der Waals surface area contributed by atoms with Crippen LogP contribution >= 0.6 is 23.2 Å². The van der Waals surface area contributed by atoms with Crippen LogP contribution in [-0.4, -0.2) is 27.8 Å². The second-order valence-electron chi connectivity index (χ2n) is 6.79. The molecule has 0 unspecified atom stereocenters. The lowest BCUT2D eigenvalue weighted by atomic mass is 10.1. The van der Waals surface area contributed by atoms with Crippen molar-refractivity contribution in [3.63, 3.8) is 0 Å². The Bertz CT molecular complexity index is 805. The molecule has 0 aliphatic rings. The van der Waals surface area contributed by atoms with Gasteiger partial charge in [0.15, 0.2) is 11.5 Å². The number of rotatable bonds is 6. The smallest absolute Gasteiger partial charge is 0.179 e. The molecule has 0 heterocycles. The topological polar surface area (TPSA) is 54.3 Å². The Hall–Kier alpha value is -1.93. The van der Waals surface area contributed by atoms with E-state index in [9.17, 15) is 0 Å². The second-order valence-corrected chi connectivity index (χ2v) is 7.58. The molecular weight excluding hydrogens is 419 g/mol. The molecule has 6 heteroatoms. The summed E-state index contributed by atoms with van der Waals surface area (Å²) < 4.78 is 10.3. The molecule has 2 rings (SSSR count). The van der Waals surface area contributed by atoms with Crippen LogP contribution in [0.5, 0.6) is 11.5 Å². The molecule has 2 aromatic rings. The number of benzene rings is 2. The monoisotopic (exact) mass is 452 g/mol. The fraction of sp³-hybridized carbons (Fsp3) is 0.458. The molecule has 0 spiro atoms. The van der Waals surface area contributed by atoms with E-state index in [0.717, 1.165) is 30.0 Å². The summed E-state index contributed by atoms with van der Waals surface area (Å²) in [4.78, 5) is 0. The molecule has 0 fully saturated rings. The highest BCUT2D eigenvalue weighted by atomic mass is 35.5. The summed E-state index contributed by atoms with van der Waals surface area (Å²) in [5.41, 5.74) is 2.68. The first-order chi connectivity index (χ1) is 14.3. The molecule has 30 heavy (non-hydrogen) atoms. The van der Waals surface area contributed by atoms with Gasteiger partial charge < -0.3 is 14.8 Å². The Morgan fingerprint density at radius 2 is 1.77 bits per heavy atom. The number of nitrogens with zero attached hydrogens (tertiary/aromatic N) is 1. The van der Waals surface area contributed by atoms with Crippen LogP contribution in [0.3, 0.4) is 0 Å². The molecule has 0 aliphatic heterocycles. The van der Waals surface area contributed by atoms with E-state index in [4.69, 9.17) is 37.9 Å². The van der Waals surface area contributed by atoms with E-state index in [0.29, 0.717) is 27.1 Å². The van der Waals surface area contributed by atoms with Crippen molar-refractivity contribution < 1.29 is 9.47 Å². The van der Waals surface area contributed by atoms with Gasteiger partial charge in [0.05, 0.1) is 29.8 Å². The highest BCUT2D eigenvalue weighted by Gasteiger charge is 2.11. The van der Waals surface area contributed by atoms with Crippen LogP contribution in [0, 0.1) is 24.2 Å². The molecule has 1 atom stereocenters. The van der Waals surface area contributed by atoms with Gasteiger partial charge in [0.2, 0.25) is 0 Å². The van der Waals surface area contributed by atoms with Crippen LogP contribution < -0.4 is 14.8 Å². The van der Waals surface area contributed by atoms with E-state index in [1.165, 1.54) is 6.42 Å². The molecule has 0 saturated carbocycles. The van der Waals surface area contributed by atoms with Crippen LogP contribution in [0.25, 0.3) is 0 Å². The molecule has 0 aromatic heterocycles. The molecule has 0 aliphatic carbocycles. The number of methoxy groups -OCH3 is 2. The normalized spacial score (nSPS) is 10.5. The number of nitrogens with one attached hydrogen (secondary N) is 1. The van der Waals surface area contributed by atoms with Crippen LogP contribution in [-0.2, 0) is 6.42 Å². The average Bonchev–Trinajstić information content (AvgIpc) is 2.74. The van der Waals surface area contributed by atoms with Crippen molar-refractivity contribution >= 4 is 23.2 Å². The van der Waals surface area contributed by atoms with Crippen molar-refractivity contribution in [2.45, 2.75) is 40.5 Å². The Morgan fingerprint density at radius 1 is 1.10 bits per heavy atom. The van der Waals surface area contributed by atoms with Crippen LogP contribution in [0.15, 0.2) is 30.3 Å². The third-order valence-corrected chi connectivity index (χ3v) is 5.17. The first-order valence-electron chi connectivity index (χ1n) is 9.99. The molecule has 0 bridgehead atoms. The van der Waals surface area contributed by atoms with Crippen molar-refractivity contribution in [3.8, 4) is 17.6 Å². The fourth-order valence-corrected chi connectivity index (χ4v) is 3.05. The zero-order chi connectivity index (χ0) is 23.1. The summed E-state index contributed by atoms with van der Waals surface area (Å²) in [6.07, 6.45) is 2.17. The highest BCUT2D eigenvalue weighted by molar-refractivity contribution is 6.33. The van der Waals surface area contributed by atoms with Crippen LogP contribution in [0.4, 0.5) is 0 Å².